The number of rotatable bonds is 4. The van der Waals surface area contributed by atoms with Gasteiger partial charge in [0, 0.05) is 31.9 Å². The lowest BCUT2D eigenvalue weighted by molar-refractivity contribution is -0.131. The van der Waals surface area contributed by atoms with Crippen LogP contribution in [0.15, 0.2) is 30.3 Å². The molecule has 0 unspecified atom stereocenters. The van der Waals surface area contributed by atoms with E-state index in [1.54, 1.807) is 0 Å². The second kappa shape index (κ2) is 6.81. The minimum absolute atomic E-state index is 0.116. The van der Waals surface area contributed by atoms with E-state index in [1.165, 1.54) is 5.69 Å². The predicted octanol–water partition coefficient (Wildman–Crippen LogP) is 1.78. The second-order valence-corrected chi connectivity index (χ2v) is 6.07. The Hall–Kier alpha value is -2.37. The molecule has 0 bridgehead atoms. The third-order valence-electron chi connectivity index (χ3n) is 4.48. The van der Waals surface area contributed by atoms with Crippen LogP contribution in [0.2, 0.25) is 0 Å². The van der Waals surface area contributed by atoms with E-state index < -0.39 is 0 Å². The van der Waals surface area contributed by atoms with Gasteiger partial charge in [-0.2, -0.15) is 5.10 Å². The number of aryl methyl sites for hydroxylation is 1. The van der Waals surface area contributed by atoms with E-state index in [1.807, 2.05) is 17.9 Å². The molecule has 1 amide bonds. The van der Waals surface area contributed by atoms with E-state index in [9.17, 15) is 4.79 Å². The summed E-state index contributed by atoms with van der Waals surface area (Å²) in [7, 11) is 2.13. The summed E-state index contributed by atoms with van der Waals surface area (Å²) in [5.41, 5.74) is 1.23. The van der Waals surface area contributed by atoms with Crippen LogP contribution < -0.4 is 4.90 Å². The van der Waals surface area contributed by atoms with Gasteiger partial charge in [0.2, 0.25) is 5.91 Å². The molecule has 1 saturated heterocycles. The van der Waals surface area contributed by atoms with Crippen molar-refractivity contribution in [3.05, 3.63) is 42.0 Å². The highest BCUT2D eigenvalue weighted by molar-refractivity contribution is 5.78. The number of carbonyl (C=O) groups excluding carboxylic acids is 1. The maximum absolute atomic E-state index is 12.3. The van der Waals surface area contributed by atoms with Crippen molar-refractivity contribution in [2.45, 2.75) is 32.2 Å². The molecule has 0 saturated carbocycles. The maximum Gasteiger partial charge on any atom is 0.230 e. The number of piperidine rings is 1. The molecule has 1 fully saturated rings. The van der Waals surface area contributed by atoms with Gasteiger partial charge in [0.15, 0.2) is 5.82 Å². The Morgan fingerprint density at radius 3 is 2.61 bits per heavy atom. The Labute approximate surface area is 136 Å². The Kier molecular flexibility index (Phi) is 4.60. The number of H-pyrrole nitrogens is 1. The van der Waals surface area contributed by atoms with Crippen LogP contribution in [0.4, 0.5) is 5.69 Å². The zero-order valence-corrected chi connectivity index (χ0v) is 13.7. The Morgan fingerprint density at radius 2 is 2.00 bits per heavy atom. The number of aromatic amines is 1. The van der Waals surface area contributed by atoms with Gasteiger partial charge in [0.25, 0.3) is 0 Å². The number of aromatic nitrogens is 3. The van der Waals surface area contributed by atoms with Crippen molar-refractivity contribution in [1.29, 1.82) is 0 Å². The Bertz CT molecular complexity index is 646. The predicted molar refractivity (Wildman–Crippen MR) is 89.3 cm³/mol. The molecule has 1 aliphatic rings. The molecular formula is C17H23N5O. The monoisotopic (exact) mass is 313 g/mol. The molecule has 2 aromatic rings. The number of anilines is 1. The molecule has 6 nitrogen and oxygen atoms in total. The minimum Gasteiger partial charge on any atom is -0.371 e. The minimum atomic E-state index is 0.116. The lowest BCUT2D eigenvalue weighted by Gasteiger charge is -2.37. The zero-order valence-electron chi connectivity index (χ0n) is 13.7. The van der Waals surface area contributed by atoms with Crippen LogP contribution in [0.5, 0.6) is 0 Å². The van der Waals surface area contributed by atoms with Crippen LogP contribution in [0.3, 0.4) is 0 Å². The highest BCUT2D eigenvalue weighted by Crippen LogP contribution is 2.22. The van der Waals surface area contributed by atoms with Crippen molar-refractivity contribution in [2.75, 3.05) is 25.0 Å². The summed E-state index contributed by atoms with van der Waals surface area (Å²) < 4.78 is 0. The van der Waals surface area contributed by atoms with Gasteiger partial charge >= 0.3 is 0 Å². The number of likely N-dealkylation sites (tertiary alicyclic amines) is 1. The SMILES string of the molecule is Cc1nc(CC(=O)N2CCC(N(C)c3ccccc3)CC2)n[nH]1. The summed E-state index contributed by atoms with van der Waals surface area (Å²) in [5.74, 6) is 1.44. The van der Waals surface area contributed by atoms with Gasteiger partial charge in [0.05, 0.1) is 6.42 Å². The number of para-hydroxylation sites is 1. The molecule has 6 heteroatoms. The molecule has 1 N–H and O–H groups in total. The van der Waals surface area contributed by atoms with Gasteiger partial charge in [-0.3, -0.25) is 9.89 Å². The highest BCUT2D eigenvalue weighted by Gasteiger charge is 2.26. The van der Waals surface area contributed by atoms with Crippen molar-refractivity contribution >= 4 is 11.6 Å². The van der Waals surface area contributed by atoms with Crippen LogP contribution in [0.1, 0.15) is 24.5 Å². The lowest BCUT2D eigenvalue weighted by atomic mass is 10.0. The van der Waals surface area contributed by atoms with Crippen LogP contribution in [-0.4, -0.2) is 52.2 Å². The van der Waals surface area contributed by atoms with Crippen molar-refractivity contribution < 1.29 is 4.79 Å². The number of hydrogen-bond donors (Lipinski definition) is 1. The molecular weight excluding hydrogens is 290 g/mol. The molecule has 122 valence electrons. The summed E-state index contributed by atoms with van der Waals surface area (Å²) in [6, 6.07) is 10.9. The average molecular weight is 313 g/mol. The van der Waals surface area contributed by atoms with Gasteiger partial charge in [0.1, 0.15) is 5.82 Å². The van der Waals surface area contributed by atoms with Crippen LogP contribution in [0.25, 0.3) is 0 Å². The van der Waals surface area contributed by atoms with E-state index in [0.717, 1.165) is 31.8 Å². The lowest BCUT2D eigenvalue weighted by Crippen LogP contribution is -2.46. The fourth-order valence-corrected chi connectivity index (χ4v) is 3.09. The summed E-state index contributed by atoms with van der Waals surface area (Å²) >= 11 is 0. The van der Waals surface area contributed by atoms with Crippen LogP contribution >= 0.6 is 0 Å². The van der Waals surface area contributed by atoms with Gasteiger partial charge in [-0.1, -0.05) is 18.2 Å². The molecule has 2 heterocycles. The zero-order chi connectivity index (χ0) is 16.2. The van der Waals surface area contributed by atoms with Gasteiger partial charge in [-0.15, -0.1) is 0 Å². The van der Waals surface area contributed by atoms with Crippen LogP contribution in [-0.2, 0) is 11.2 Å². The Morgan fingerprint density at radius 1 is 1.30 bits per heavy atom. The van der Waals surface area contributed by atoms with Crippen molar-refractivity contribution in [3.8, 4) is 0 Å². The average Bonchev–Trinajstić information content (AvgIpc) is 3.00. The quantitative estimate of drug-likeness (QED) is 0.934. The van der Waals surface area contributed by atoms with E-state index in [2.05, 4.69) is 51.4 Å². The summed E-state index contributed by atoms with van der Waals surface area (Å²) in [6.07, 6.45) is 2.26. The van der Waals surface area contributed by atoms with E-state index in [4.69, 9.17) is 0 Å². The number of carbonyl (C=O) groups is 1. The van der Waals surface area contributed by atoms with E-state index in [0.29, 0.717) is 11.9 Å². The molecule has 3 rings (SSSR count). The molecule has 0 radical (unpaired) electrons. The van der Waals surface area contributed by atoms with Crippen molar-refractivity contribution in [3.63, 3.8) is 0 Å². The topological polar surface area (TPSA) is 65.1 Å². The first-order chi connectivity index (χ1) is 11.1. The summed E-state index contributed by atoms with van der Waals surface area (Å²) in [6.45, 7) is 3.43. The standard InChI is InChI=1S/C17H23N5O/c1-13-18-16(20-19-13)12-17(23)22-10-8-15(9-11-22)21(2)14-6-4-3-5-7-14/h3-7,15H,8-12H2,1-2H3,(H,18,19,20). The fraction of sp³-hybridized carbons (Fsp3) is 0.471. The molecule has 1 aromatic heterocycles. The number of nitrogens with one attached hydrogen (secondary N) is 1. The number of amides is 1. The molecule has 0 aliphatic carbocycles. The molecule has 1 aromatic carbocycles. The molecule has 1 aliphatic heterocycles. The van der Waals surface area contributed by atoms with Gasteiger partial charge in [-0.25, -0.2) is 4.98 Å². The number of nitrogens with zero attached hydrogens (tertiary/aromatic N) is 4. The van der Waals surface area contributed by atoms with E-state index in [-0.39, 0.29) is 12.3 Å². The number of hydrogen-bond acceptors (Lipinski definition) is 4. The summed E-state index contributed by atoms with van der Waals surface area (Å²) in [5, 5.41) is 6.82. The van der Waals surface area contributed by atoms with Crippen molar-refractivity contribution in [1.82, 2.24) is 20.1 Å². The number of benzene rings is 1. The molecule has 0 spiro atoms. The first-order valence-electron chi connectivity index (χ1n) is 8.07. The largest absolute Gasteiger partial charge is 0.371 e. The Balaban J connectivity index is 1.53. The third-order valence-corrected chi connectivity index (χ3v) is 4.48. The van der Waals surface area contributed by atoms with Gasteiger partial charge in [-0.05, 0) is 31.9 Å². The molecule has 0 atom stereocenters. The van der Waals surface area contributed by atoms with E-state index >= 15 is 0 Å². The second-order valence-electron chi connectivity index (χ2n) is 6.07. The summed E-state index contributed by atoms with van der Waals surface area (Å²) in [4.78, 5) is 20.8. The normalized spacial score (nSPS) is 15.7. The third kappa shape index (κ3) is 3.70. The molecule has 23 heavy (non-hydrogen) atoms. The smallest absolute Gasteiger partial charge is 0.230 e. The van der Waals surface area contributed by atoms with Gasteiger partial charge < -0.3 is 9.80 Å². The highest BCUT2D eigenvalue weighted by atomic mass is 16.2. The fourth-order valence-electron chi connectivity index (χ4n) is 3.09. The first kappa shape index (κ1) is 15.5. The van der Waals surface area contributed by atoms with Crippen LogP contribution in [0, 0.1) is 6.92 Å². The first-order valence-corrected chi connectivity index (χ1v) is 8.07. The maximum atomic E-state index is 12.3. The van der Waals surface area contributed by atoms with Crippen molar-refractivity contribution in [2.24, 2.45) is 0 Å².